The normalized spacial score (nSPS) is 14.1. The molecule has 0 radical (unpaired) electrons. The van der Waals surface area contributed by atoms with Crippen LogP contribution in [-0.2, 0) is 25.8 Å². The number of aliphatic imine (C=N–C) groups is 1. The molecule has 48 heavy (non-hydrogen) atoms. The number of anilines is 1. The highest BCUT2D eigenvalue weighted by atomic mass is 15.1. The smallest absolute Gasteiger partial charge is 0.103 e. The van der Waals surface area contributed by atoms with Gasteiger partial charge in [-0.2, -0.15) is 0 Å². The van der Waals surface area contributed by atoms with E-state index in [0.717, 1.165) is 55.4 Å². The molecule has 248 valence electrons. The standard InChI is InChI=1S/C14H16N2.C14H18N2.C13H15N3/c1-9-6-7-12-11(8-9)4-3-5-13-14(12)16-10(2)15-13;1-4-16-14-12-7-5-10(2)9-11(12)6-8-13(14)15-3;1-8-4-5-10-12(6-8)16(3)7-11-13(10)15-9(2)14-11/h6-8H,3-5H2,1-2H3,(H,15,16);5,7,9,16H,3-4,6,8H2,1-2H3;4-6H,7H2,1-3H3,(H,14,15). The second kappa shape index (κ2) is 14.1. The summed E-state index contributed by atoms with van der Waals surface area (Å²) < 4.78 is 0. The second-order valence-corrected chi connectivity index (χ2v) is 13.4. The monoisotopic (exact) mass is 639 g/mol. The fraction of sp³-hybridized carbons (Fsp3) is 0.341. The molecule has 2 aliphatic carbocycles. The Morgan fingerprint density at radius 1 is 0.729 bits per heavy atom. The number of allylic oxidation sites excluding steroid dienone is 1. The Hall–Kier alpha value is -4.91. The number of hydrogen-bond donors (Lipinski definition) is 3. The van der Waals surface area contributed by atoms with E-state index in [1.807, 2.05) is 13.8 Å². The van der Waals surface area contributed by atoms with Crippen LogP contribution in [0.3, 0.4) is 0 Å². The lowest BCUT2D eigenvalue weighted by molar-refractivity contribution is 0.814. The quantitative estimate of drug-likeness (QED) is 0.172. The van der Waals surface area contributed by atoms with Crippen molar-refractivity contribution in [2.75, 3.05) is 18.5 Å². The molecule has 0 saturated carbocycles. The molecule has 0 unspecified atom stereocenters. The zero-order valence-corrected chi connectivity index (χ0v) is 29.6. The average Bonchev–Trinajstić information content (AvgIpc) is 3.58. The number of fused-ring (bicyclic) bond motifs is 7. The number of benzene rings is 3. The predicted octanol–water partition coefficient (Wildman–Crippen LogP) is 8.75. The average molecular weight is 640 g/mol. The van der Waals surface area contributed by atoms with E-state index in [-0.39, 0.29) is 0 Å². The van der Waals surface area contributed by atoms with Crippen LogP contribution in [0.4, 0.5) is 5.69 Å². The van der Waals surface area contributed by atoms with Crippen LogP contribution in [0.25, 0.3) is 28.2 Å². The number of aromatic nitrogens is 4. The van der Waals surface area contributed by atoms with Crippen LogP contribution in [0.2, 0.25) is 0 Å². The number of H-pyrrole nitrogens is 2. The minimum atomic E-state index is 0.909. The molecule has 0 saturated heterocycles. The SMILES string of the molecule is C=NC1=C(NCC)c2ccc(C)cc2CC1.Cc1ccc2c(c1)CCCc1[nH]c(C)nc1-2.Cc1ccc2c(c1)N(C)Cc1[nH]c(C)nc1-2. The van der Waals surface area contributed by atoms with Gasteiger partial charge in [-0.1, -0.05) is 59.7 Å². The van der Waals surface area contributed by atoms with E-state index in [9.17, 15) is 0 Å². The number of hydrogen-bond acceptors (Lipinski definition) is 5. The Labute approximate surface area is 285 Å². The Morgan fingerprint density at radius 3 is 1.98 bits per heavy atom. The van der Waals surface area contributed by atoms with Crippen molar-refractivity contribution in [2.45, 2.75) is 80.2 Å². The molecule has 3 aromatic carbocycles. The lowest BCUT2D eigenvalue weighted by atomic mass is 9.91. The molecule has 1 aliphatic heterocycles. The van der Waals surface area contributed by atoms with E-state index in [4.69, 9.17) is 0 Å². The molecule has 2 aromatic heterocycles. The summed E-state index contributed by atoms with van der Waals surface area (Å²) in [4.78, 5) is 22.3. The van der Waals surface area contributed by atoms with Gasteiger partial charge in [0.1, 0.15) is 11.6 Å². The van der Waals surface area contributed by atoms with E-state index in [1.165, 1.54) is 85.8 Å². The van der Waals surface area contributed by atoms with Crippen molar-refractivity contribution in [3.05, 3.63) is 117 Å². The molecule has 3 N–H and O–H groups in total. The molecule has 8 rings (SSSR count). The fourth-order valence-corrected chi connectivity index (χ4v) is 7.16. The van der Waals surface area contributed by atoms with Gasteiger partial charge in [-0.05, 0) is 103 Å². The van der Waals surface area contributed by atoms with Gasteiger partial charge >= 0.3 is 0 Å². The third kappa shape index (κ3) is 6.86. The minimum Gasteiger partial charge on any atom is -0.383 e. The van der Waals surface area contributed by atoms with E-state index >= 15 is 0 Å². The summed E-state index contributed by atoms with van der Waals surface area (Å²) in [5.41, 5.74) is 19.0. The van der Waals surface area contributed by atoms with Crippen LogP contribution in [0.1, 0.15) is 76.2 Å². The summed E-state index contributed by atoms with van der Waals surface area (Å²) in [6.07, 6.45) is 5.55. The Bertz CT molecular complexity index is 1980. The van der Waals surface area contributed by atoms with Gasteiger partial charge in [0.05, 0.1) is 35.0 Å². The molecular weight excluding hydrogens is 591 g/mol. The van der Waals surface area contributed by atoms with Crippen molar-refractivity contribution in [3.63, 3.8) is 0 Å². The molecule has 5 aromatic rings. The lowest BCUT2D eigenvalue weighted by Gasteiger charge is -2.27. The highest BCUT2D eigenvalue weighted by Gasteiger charge is 2.23. The van der Waals surface area contributed by atoms with Crippen molar-refractivity contribution in [1.29, 1.82) is 0 Å². The van der Waals surface area contributed by atoms with Gasteiger partial charge < -0.3 is 20.2 Å². The summed E-state index contributed by atoms with van der Waals surface area (Å²) in [7, 11) is 2.12. The first-order valence-corrected chi connectivity index (χ1v) is 17.2. The molecule has 3 aliphatic rings. The van der Waals surface area contributed by atoms with Crippen molar-refractivity contribution < 1.29 is 0 Å². The van der Waals surface area contributed by atoms with E-state index in [2.05, 4.69) is 131 Å². The highest BCUT2D eigenvalue weighted by molar-refractivity contribution is 5.81. The highest BCUT2D eigenvalue weighted by Crippen LogP contribution is 2.37. The Balaban J connectivity index is 0.000000125. The fourth-order valence-electron chi connectivity index (χ4n) is 7.16. The summed E-state index contributed by atoms with van der Waals surface area (Å²) in [5.74, 6) is 2.02. The topological polar surface area (TPSA) is 85.0 Å². The molecule has 0 amide bonds. The first-order valence-electron chi connectivity index (χ1n) is 17.2. The summed E-state index contributed by atoms with van der Waals surface area (Å²) >= 11 is 0. The van der Waals surface area contributed by atoms with E-state index in [0.29, 0.717) is 0 Å². The number of aromatic amines is 2. The third-order valence-corrected chi connectivity index (χ3v) is 9.39. The maximum Gasteiger partial charge on any atom is 0.103 e. The van der Waals surface area contributed by atoms with Crippen molar-refractivity contribution in [3.8, 4) is 22.5 Å². The number of imidazole rings is 2. The van der Waals surface area contributed by atoms with Crippen molar-refractivity contribution in [2.24, 2.45) is 4.99 Å². The van der Waals surface area contributed by atoms with Gasteiger partial charge in [0.15, 0.2) is 0 Å². The van der Waals surface area contributed by atoms with Gasteiger partial charge in [0, 0.05) is 41.7 Å². The lowest BCUT2D eigenvalue weighted by Crippen LogP contribution is -2.21. The van der Waals surface area contributed by atoms with E-state index < -0.39 is 0 Å². The zero-order chi connectivity index (χ0) is 33.9. The van der Waals surface area contributed by atoms with Crippen LogP contribution < -0.4 is 10.2 Å². The number of rotatable bonds is 3. The molecular formula is C41H49N7. The molecule has 0 spiro atoms. The maximum absolute atomic E-state index is 4.63. The summed E-state index contributed by atoms with van der Waals surface area (Å²) in [6, 6.07) is 19.8. The van der Waals surface area contributed by atoms with Gasteiger partial charge in [0.2, 0.25) is 0 Å². The van der Waals surface area contributed by atoms with Gasteiger partial charge in [-0.15, -0.1) is 0 Å². The van der Waals surface area contributed by atoms with Crippen LogP contribution in [0.5, 0.6) is 0 Å². The number of nitrogens with one attached hydrogen (secondary N) is 3. The maximum atomic E-state index is 4.63. The second-order valence-electron chi connectivity index (χ2n) is 13.4. The van der Waals surface area contributed by atoms with E-state index in [1.54, 1.807) is 0 Å². The first kappa shape index (κ1) is 33.0. The van der Waals surface area contributed by atoms with Crippen LogP contribution in [0, 0.1) is 34.6 Å². The predicted molar refractivity (Wildman–Crippen MR) is 201 cm³/mol. The largest absolute Gasteiger partial charge is 0.383 e. The number of aryl methyl sites for hydroxylation is 8. The molecule has 0 fully saturated rings. The van der Waals surface area contributed by atoms with Crippen LogP contribution in [0.15, 0.2) is 65.3 Å². The molecule has 0 atom stereocenters. The Kier molecular flexibility index (Phi) is 9.67. The van der Waals surface area contributed by atoms with Crippen molar-refractivity contribution in [1.82, 2.24) is 25.3 Å². The zero-order valence-electron chi connectivity index (χ0n) is 29.6. The summed E-state index contributed by atoms with van der Waals surface area (Å²) in [5, 5.41) is 3.41. The Morgan fingerprint density at radius 2 is 1.31 bits per heavy atom. The van der Waals surface area contributed by atoms with Gasteiger partial charge in [-0.3, -0.25) is 4.99 Å². The minimum absolute atomic E-state index is 0.909. The van der Waals surface area contributed by atoms with Crippen molar-refractivity contribution >= 4 is 18.1 Å². The van der Waals surface area contributed by atoms with Crippen LogP contribution in [-0.4, -0.2) is 40.2 Å². The summed E-state index contributed by atoms with van der Waals surface area (Å²) in [6.45, 7) is 18.0. The molecule has 0 bridgehead atoms. The third-order valence-electron chi connectivity index (χ3n) is 9.39. The molecule has 7 heteroatoms. The van der Waals surface area contributed by atoms with Gasteiger partial charge in [0.25, 0.3) is 0 Å². The molecule has 3 heterocycles. The first-order chi connectivity index (χ1) is 23.1. The molecule has 7 nitrogen and oxygen atoms in total. The number of nitrogens with zero attached hydrogens (tertiary/aromatic N) is 4. The van der Waals surface area contributed by atoms with Crippen LogP contribution >= 0.6 is 0 Å². The van der Waals surface area contributed by atoms with Gasteiger partial charge in [-0.25, -0.2) is 9.97 Å².